The van der Waals surface area contributed by atoms with Gasteiger partial charge < -0.3 is 10.5 Å². The Balaban J connectivity index is 2.24. The molecule has 1 aliphatic rings. The van der Waals surface area contributed by atoms with Crippen molar-refractivity contribution < 1.29 is 4.74 Å². The van der Waals surface area contributed by atoms with Gasteiger partial charge in [0.15, 0.2) is 0 Å². The van der Waals surface area contributed by atoms with Gasteiger partial charge in [0, 0.05) is 6.61 Å². The Morgan fingerprint density at radius 3 is 3.00 bits per heavy atom. The third kappa shape index (κ3) is 1.89. The van der Waals surface area contributed by atoms with Crippen LogP contribution < -0.4 is 5.73 Å². The van der Waals surface area contributed by atoms with Gasteiger partial charge in [-0.15, -0.1) is 0 Å². The van der Waals surface area contributed by atoms with Crippen LogP contribution >= 0.6 is 0 Å². The Morgan fingerprint density at radius 2 is 2.44 bits per heavy atom. The van der Waals surface area contributed by atoms with Gasteiger partial charge in [-0.05, 0) is 26.7 Å². The third-order valence-corrected chi connectivity index (χ3v) is 2.95. The summed E-state index contributed by atoms with van der Waals surface area (Å²) >= 11 is 0. The molecular formula is C11H16N4O. The van der Waals surface area contributed by atoms with Crippen molar-refractivity contribution in [2.45, 2.75) is 38.3 Å². The van der Waals surface area contributed by atoms with Crippen molar-refractivity contribution >= 4 is 11.5 Å². The second kappa shape index (κ2) is 3.80. The molecule has 1 aromatic rings. The van der Waals surface area contributed by atoms with Crippen molar-refractivity contribution in [3.8, 4) is 0 Å². The second-order valence-electron chi connectivity index (χ2n) is 4.73. The van der Waals surface area contributed by atoms with Crippen LogP contribution in [0.25, 0.3) is 4.85 Å². The first-order valence-corrected chi connectivity index (χ1v) is 5.38. The summed E-state index contributed by atoms with van der Waals surface area (Å²) in [5, 5.41) is 4.20. The largest absolute Gasteiger partial charge is 0.393 e. The first-order chi connectivity index (χ1) is 7.53. The van der Waals surface area contributed by atoms with E-state index >= 15 is 0 Å². The summed E-state index contributed by atoms with van der Waals surface area (Å²) in [6.07, 6.45) is 3.30. The normalized spacial score (nSPS) is 23.9. The van der Waals surface area contributed by atoms with Gasteiger partial charge >= 0.3 is 0 Å². The number of ether oxygens (including phenoxy) is 1. The molecular weight excluding hydrogens is 204 g/mol. The van der Waals surface area contributed by atoms with E-state index in [1.54, 1.807) is 4.68 Å². The van der Waals surface area contributed by atoms with Crippen molar-refractivity contribution in [3.63, 3.8) is 0 Å². The minimum absolute atomic E-state index is 0.139. The zero-order valence-electron chi connectivity index (χ0n) is 9.60. The highest BCUT2D eigenvalue weighted by Crippen LogP contribution is 2.35. The van der Waals surface area contributed by atoms with Crippen LogP contribution in [-0.2, 0) is 4.74 Å². The zero-order valence-corrected chi connectivity index (χ0v) is 9.60. The van der Waals surface area contributed by atoms with E-state index in [1.165, 1.54) is 6.20 Å². The SMILES string of the molecule is [C-]#[N+]c1cnn(C2CCOC(C)(C)C2)c1N. The molecule has 1 fully saturated rings. The Morgan fingerprint density at radius 1 is 1.69 bits per heavy atom. The lowest BCUT2D eigenvalue weighted by Gasteiger charge is -2.35. The molecule has 1 aliphatic heterocycles. The summed E-state index contributed by atoms with van der Waals surface area (Å²) in [6.45, 7) is 11.8. The maximum Gasteiger partial charge on any atom is 0.247 e. The lowest BCUT2D eigenvalue weighted by atomic mass is 9.94. The maximum atomic E-state index is 6.96. The molecule has 5 nitrogen and oxygen atoms in total. The summed E-state index contributed by atoms with van der Waals surface area (Å²) in [5.41, 5.74) is 6.17. The second-order valence-corrected chi connectivity index (χ2v) is 4.73. The number of rotatable bonds is 1. The van der Waals surface area contributed by atoms with Gasteiger partial charge in [0.1, 0.15) is 5.82 Å². The average Bonchev–Trinajstić information content (AvgIpc) is 2.58. The molecule has 2 heterocycles. The van der Waals surface area contributed by atoms with E-state index in [0.29, 0.717) is 18.1 Å². The Hall–Kier alpha value is -1.54. The highest BCUT2D eigenvalue weighted by Gasteiger charge is 2.31. The quantitative estimate of drug-likeness (QED) is 0.738. The summed E-state index contributed by atoms with van der Waals surface area (Å²) in [4.78, 5) is 3.33. The first-order valence-electron chi connectivity index (χ1n) is 5.38. The molecule has 0 bridgehead atoms. The molecule has 2 rings (SSSR count). The van der Waals surface area contributed by atoms with Crippen LogP contribution in [0.3, 0.4) is 0 Å². The number of aromatic nitrogens is 2. The van der Waals surface area contributed by atoms with E-state index in [9.17, 15) is 0 Å². The number of nitrogens with two attached hydrogens (primary N) is 1. The molecule has 5 heteroatoms. The standard InChI is InChI=1S/C11H16N4O/c1-11(2)6-8(4-5-16-11)15-10(12)9(13-3)7-14-15/h7-8H,4-6,12H2,1-2H3. The molecule has 1 unspecified atom stereocenters. The molecule has 1 atom stereocenters. The lowest BCUT2D eigenvalue weighted by molar-refractivity contribution is -0.0704. The van der Waals surface area contributed by atoms with E-state index in [-0.39, 0.29) is 11.6 Å². The molecule has 0 radical (unpaired) electrons. The summed E-state index contributed by atoms with van der Waals surface area (Å²) < 4.78 is 7.41. The Bertz CT molecular complexity index is 430. The minimum atomic E-state index is -0.139. The topological polar surface area (TPSA) is 57.4 Å². The lowest BCUT2D eigenvalue weighted by Crippen LogP contribution is -2.35. The van der Waals surface area contributed by atoms with Crippen LogP contribution in [0.15, 0.2) is 6.20 Å². The Labute approximate surface area is 95.0 Å². The van der Waals surface area contributed by atoms with E-state index in [4.69, 9.17) is 17.0 Å². The fraction of sp³-hybridized carbons (Fsp3) is 0.636. The number of nitrogens with zero attached hydrogens (tertiary/aromatic N) is 3. The van der Waals surface area contributed by atoms with Crippen molar-refractivity contribution in [1.29, 1.82) is 0 Å². The zero-order chi connectivity index (χ0) is 11.8. The molecule has 0 amide bonds. The van der Waals surface area contributed by atoms with Gasteiger partial charge in [0.2, 0.25) is 5.69 Å². The fourth-order valence-electron chi connectivity index (χ4n) is 2.15. The van der Waals surface area contributed by atoms with Crippen LogP contribution in [0.4, 0.5) is 11.5 Å². The van der Waals surface area contributed by atoms with Gasteiger partial charge in [0.05, 0.1) is 24.4 Å². The molecule has 86 valence electrons. The molecule has 1 aromatic heterocycles. The highest BCUT2D eigenvalue weighted by atomic mass is 16.5. The van der Waals surface area contributed by atoms with Gasteiger partial charge in [-0.1, -0.05) is 0 Å². The van der Waals surface area contributed by atoms with E-state index in [0.717, 1.165) is 12.8 Å². The molecule has 0 saturated carbocycles. The summed E-state index contributed by atoms with van der Waals surface area (Å²) in [7, 11) is 0. The average molecular weight is 220 g/mol. The maximum absolute atomic E-state index is 6.96. The van der Waals surface area contributed by atoms with Crippen molar-refractivity contribution in [2.24, 2.45) is 0 Å². The first kappa shape index (κ1) is 11.0. The minimum Gasteiger partial charge on any atom is -0.393 e. The van der Waals surface area contributed by atoms with Crippen LogP contribution in [0, 0.1) is 6.57 Å². The Kier molecular flexibility index (Phi) is 2.60. The molecule has 0 aromatic carbocycles. The molecule has 16 heavy (non-hydrogen) atoms. The van der Waals surface area contributed by atoms with Gasteiger partial charge in [0.25, 0.3) is 0 Å². The predicted octanol–water partition coefficient (Wildman–Crippen LogP) is 2.15. The van der Waals surface area contributed by atoms with Crippen LogP contribution in [0.1, 0.15) is 32.7 Å². The van der Waals surface area contributed by atoms with Gasteiger partial charge in [-0.3, -0.25) is 4.68 Å². The van der Waals surface area contributed by atoms with Gasteiger partial charge in [-0.2, -0.15) is 5.10 Å². The monoisotopic (exact) mass is 220 g/mol. The number of nitrogen functional groups attached to an aromatic ring is 1. The van der Waals surface area contributed by atoms with Crippen molar-refractivity contribution in [3.05, 3.63) is 17.6 Å². The molecule has 1 saturated heterocycles. The predicted molar refractivity (Wildman–Crippen MR) is 61.2 cm³/mol. The summed E-state index contributed by atoms with van der Waals surface area (Å²) in [6, 6.07) is 0.235. The summed E-state index contributed by atoms with van der Waals surface area (Å²) in [5.74, 6) is 0.470. The fourth-order valence-corrected chi connectivity index (χ4v) is 2.15. The van der Waals surface area contributed by atoms with Gasteiger partial charge in [-0.25, -0.2) is 4.85 Å². The number of anilines is 1. The molecule has 0 aliphatic carbocycles. The third-order valence-electron chi connectivity index (χ3n) is 2.95. The molecule has 2 N–H and O–H groups in total. The van der Waals surface area contributed by atoms with E-state index in [1.807, 2.05) is 0 Å². The number of hydrogen-bond acceptors (Lipinski definition) is 3. The van der Waals surface area contributed by atoms with Crippen LogP contribution in [0.2, 0.25) is 0 Å². The molecule has 0 spiro atoms. The highest BCUT2D eigenvalue weighted by molar-refractivity contribution is 5.62. The number of hydrogen-bond donors (Lipinski definition) is 1. The van der Waals surface area contributed by atoms with E-state index in [2.05, 4.69) is 23.8 Å². The van der Waals surface area contributed by atoms with Crippen molar-refractivity contribution in [1.82, 2.24) is 9.78 Å². The van der Waals surface area contributed by atoms with Crippen LogP contribution in [-0.4, -0.2) is 22.0 Å². The van der Waals surface area contributed by atoms with Crippen molar-refractivity contribution in [2.75, 3.05) is 12.3 Å². The smallest absolute Gasteiger partial charge is 0.247 e. The van der Waals surface area contributed by atoms with E-state index < -0.39 is 0 Å². The van der Waals surface area contributed by atoms with Crippen LogP contribution in [0.5, 0.6) is 0 Å².